The molecule has 0 atom stereocenters. The van der Waals surface area contributed by atoms with E-state index in [1.807, 2.05) is 0 Å². The third kappa shape index (κ3) is 3.97. The van der Waals surface area contributed by atoms with E-state index in [1.165, 1.54) is 19.4 Å². The van der Waals surface area contributed by atoms with Crippen molar-refractivity contribution in [2.24, 2.45) is 0 Å². The van der Waals surface area contributed by atoms with Crippen molar-refractivity contribution < 1.29 is 32.2 Å². The Morgan fingerprint density at radius 1 is 1.46 bits per heavy atom. The zero-order chi connectivity index (χ0) is 17.9. The highest BCUT2D eigenvalue weighted by molar-refractivity contribution is 5.90. The van der Waals surface area contributed by atoms with Crippen LogP contribution >= 0.6 is 0 Å². The summed E-state index contributed by atoms with van der Waals surface area (Å²) in [6.07, 6.45) is -3.03. The van der Waals surface area contributed by atoms with Gasteiger partial charge in [-0.3, -0.25) is 4.68 Å². The number of aromatic nitrogens is 2. The fourth-order valence-corrected chi connectivity index (χ4v) is 2.33. The van der Waals surface area contributed by atoms with Crippen molar-refractivity contribution in [2.45, 2.75) is 32.5 Å². The molecule has 0 unspecified atom stereocenters. The van der Waals surface area contributed by atoms with Gasteiger partial charge in [-0.15, -0.1) is 0 Å². The number of aliphatic hydroxyl groups excluding tert-OH is 1. The molecule has 0 aliphatic heterocycles. The molecule has 0 aliphatic carbocycles. The van der Waals surface area contributed by atoms with E-state index in [0.717, 1.165) is 4.68 Å². The maximum Gasteiger partial charge on any atom is 0.435 e. The molecule has 2 aromatic heterocycles. The number of carbonyl (C=O) groups is 1. The summed E-state index contributed by atoms with van der Waals surface area (Å²) in [6, 6.07) is 1.42. The molecule has 132 valence electrons. The summed E-state index contributed by atoms with van der Waals surface area (Å²) in [5.41, 5.74) is -0.753. The third-order valence-corrected chi connectivity index (χ3v) is 3.40. The highest BCUT2D eigenvalue weighted by Gasteiger charge is 2.37. The van der Waals surface area contributed by atoms with Crippen molar-refractivity contribution in [3.8, 4) is 0 Å². The van der Waals surface area contributed by atoms with Crippen LogP contribution in [-0.2, 0) is 23.9 Å². The van der Waals surface area contributed by atoms with Gasteiger partial charge >= 0.3 is 12.1 Å². The Kier molecular flexibility index (Phi) is 5.33. The van der Waals surface area contributed by atoms with Crippen LogP contribution in [0.5, 0.6) is 0 Å². The Morgan fingerprint density at radius 3 is 2.75 bits per heavy atom. The maximum absolute atomic E-state index is 13.0. The summed E-state index contributed by atoms with van der Waals surface area (Å²) in [6.45, 7) is 1.30. The molecule has 0 amide bonds. The molecule has 0 radical (unpaired) electrons. The quantitative estimate of drug-likeness (QED) is 0.814. The van der Waals surface area contributed by atoms with Crippen LogP contribution in [0.4, 0.5) is 13.2 Å². The number of alkyl halides is 3. The number of ether oxygens (including phenoxy) is 1. The minimum absolute atomic E-state index is 0.00743. The van der Waals surface area contributed by atoms with Gasteiger partial charge in [0.2, 0.25) is 0 Å². The molecule has 0 fully saturated rings. The first-order valence-corrected chi connectivity index (χ1v) is 7.18. The van der Waals surface area contributed by atoms with E-state index in [0.29, 0.717) is 5.76 Å². The number of esters is 1. The number of hydrogen-bond acceptors (Lipinski definition) is 5. The average molecular weight is 346 g/mol. The summed E-state index contributed by atoms with van der Waals surface area (Å²) in [4.78, 5) is 11.5. The van der Waals surface area contributed by atoms with Gasteiger partial charge in [0, 0.05) is 18.4 Å². The van der Waals surface area contributed by atoms with Crippen LogP contribution in [0.1, 0.15) is 39.6 Å². The number of aryl methyl sites for hydroxylation is 2. The number of rotatable bonds is 6. The van der Waals surface area contributed by atoms with E-state index in [9.17, 15) is 18.0 Å². The second kappa shape index (κ2) is 7.08. The van der Waals surface area contributed by atoms with Crippen LogP contribution in [0.15, 0.2) is 16.7 Å². The van der Waals surface area contributed by atoms with Crippen LogP contribution < -0.4 is 0 Å². The van der Waals surface area contributed by atoms with Gasteiger partial charge < -0.3 is 14.3 Å². The lowest BCUT2D eigenvalue weighted by atomic mass is 10.1. The normalized spacial score (nSPS) is 11.8. The second-order valence-corrected chi connectivity index (χ2v) is 5.20. The van der Waals surface area contributed by atoms with Crippen molar-refractivity contribution in [3.63, 3.8) is 0 Å². The molecular formula is C15H17F3N2O4. The molecule has 6 nitrogen and oxygen atoms in total. The smallest absolute Gasteiger partial charge is 0.435 e. The Hall–Kier alpha value is -2.29. The summed E-state index contributed by atoms with van der Waals surface area (Å²) >= 11 is 0. The molecule has 0 saturated heterocycles. The largest absolute Gasteiger partial charge is 0.465 e. The third-order valence-electron chi connectivity index (χ3n) is 3.40. The molecule has 9 heteroatoms. The predicted octanol–water partition coefficient (Wildman–Crippen LogP) is 2.56. The van der Waals surface area contributed by atoms with Crippen LogP contribution in [0.2, 0.25) is 0 Å². The van der Waals surface area contributed by atoms with Crippen molar-refractivity contribution in [1.29, 1.82) is 0 Å². The first kappa shape index (κ1) is 18.1. The topological polar surface area (TPSA) is 77.5 Å². The van der Waals surface area contributed by atoms with Crippen molar-refractivity contribution in [2.75, 3.05) is 13.7 Å². The molecule has 0 spiro atoms. The zero-order valence-corrected chi connectivity index (χ0v) is 13.2. The standard InChI is InChI=1S/C15H17F3N2O4/c1-9-12(14(22)23-2)6-11(24-9)8-20-7-10(4-3-5-21)13(19-20)15(16,17)18/h6-7,21H,3-5,8H2,1-2H3. The molecule has 2 rings (SSSR count). The van der Waals surface area contributed by atoms with E-state index < -0.39 is 17.8 Å². The fraction of sp³-hybridized carbons (Fsp3) is 0.467. The summed E-state index contributed by atoms with van der Waals surface area (Å²) in [5.74, 6) is 0.0287. The SMILES string of the molecule is COC(=O)c1cc(Cn2cc(CCCO)c(C(F)(F)F)n2)oc1C. The first-order valence-electron chi connectivity index (χ1n) is 7.18. The lowest BCUT2D eigenvalue weighted by Crippen LogP contribution is -2.10. The molecule has 0 aromatic carbocycles. The lowest BCUT2D eigenvalue weighted by molar-refractivity contribution is -0.142. The highest BCUT2D eigenvalue weighted by Crippen LogP contribution is 2.31. The Morgan fingerprint density at radius 2 is 2.17 bits per heavy atom. The van der Waals surface area contributed by atoms with Gasteiger partial charge in [0.1, 0.15) is 17.1 Å². The lowest BCUT2D eigenvalue weighted by Gasteiger charge is -2.04. The Labute approximate surface area is 135 Å². The highest BCUT2D eigenvalue weighted by atomic mass is 19.4. The van der Waals surface area contributed by atoms with Gasteiger partial charge in [-0.1, -0.05) is 0 Å². The second-order valence-electron chi connectivity index (χ2n) is 5.20. The zero-order valence-electron chi connectivity index (χ0n) is 13.2. The number of nitrogens with zero attached hydrogens (tertiary/aromatic N) is 2. The molecule has 0 aliphatic rings. The number of aliphatic hydroxyl groups is 1. The van der Waals surface area contributed by atoms with Crippen LogP contribution in [-0.4, -0.2) is 34.6 Å². The van der Waals surface area contributed by atoms with Crippen molar-refractivity contribution in [1.82, 2.24) is 9.78 Å². The Bertz CT molecular complexity index is 719. The van der Waals surface area contributed by atoms with Gasteiger partial charge in [0.15, 0.2) is 5.69 Å². The summed E-state index contributed by atoms with van der Waals surface area (Å²) in [5, 5.41) is 12.4. The van der Waals surface area contributed by atoms with Gasteiger partial charge in [-0.05, 0) is 25.8 Å². The van der Waals surface area contributed by atoms with Crippen LogP contribution in [0.3, 0.4) is 0 Å². The van der Waals surface area contributed by atoms with Gasteiger partial charge in [0.05, 0.1) is 13.7 Å². The number of methoxy groups -OCH3 is 1. The molecule has 1 N–H and O–H groups in total. The number of furan rings is 1. The molecular weight excluding hydrogens is 329 g/mol. The molecule has 0 saturated carbocycles. The van der Waals surface area contributed by atoms with Gasteiger partial charge in [-0.25, -0.2) is 4.79 Å². The minimum Gasteiger partial charge on any atom is -0.465 e. The number of halogens is 3. The Balaban J connectivity index is 2.27. The van der Waals surface area contributed by atoms with Crippen LogP contribution in [0.25, 0.3) is 0 Å². The molecule has 2 aromatic rings. The van der Waals surface area contributed by atoms with Gasteiger partial charge in [0.25, 0.3) is 0 Å². The van der Waals surface area contributed by atoms with E-state index in [-0.39, 0.29) is 42.9 Å². The van der Waals surface area contributed by atoms with Crippen molar-refractivity contribution in [3.05, 3.63) is 40.6 Å². The van der Waals surface area contributed by atoms with Crippen LogP contribution in [0, 0.1) is 6.92 Å². The van der Waals surface area contributed by atoms with E-state index >= 15 is 0 Å². The summed E-state index contributed by atoms with van der Waals surface area (Å²) in [7, 11) is 1.23. The first-order chi connectivity index (χ1) is 11.3. The van der Waals surface area contributed by atoms with E-state index in [2.05, 4.69) is 9.84 Å². The number of hydrogen-bond donors (Lipinski definition) is 1. The monoisotopic (exact) mass is 346 g/mol. The van der Waals surface area contributed by atoms with Gasteiger partial charge in [-0.2, -0.15) is 18.3 Å². The van der Waals surface area contributed by atoms with E-state index in [4.69, 9.17) is 9.52 Å². The predicted molar refractivity (Wildman–Crippen MR) is 76.5 cm³/mol. The average Bonchev–Trinajstić information content (AvgIpc) is 3.08. The van der Waals surface area contributed by atoms with E-state index in [1.54, 1.807) is 6.92 Å². The molecule has 0 bridgehead atoms. The number of carbonyl (C=O) groups excluding carboxylic acids is 1. The fourth-order valence-electron chi connectivity index (χ4n) is 2.33. The maximum atomic E-state index is 13.0. The van der Waals surface area contributed by atoms with Crippen molar-refractivity contribution >= 4 is 5.97 Å². The molecule has 24 heavy (non-hydrogen) atoms. The molecule has 2 heterocycles. The summed E-state index contributed by atoms with van der Waals surface area (Å²) < 4.78 is 50.2. The minimum atomic E-state index is -4.58.